The maximum atomic E-state index is 13.9. The van der Waals surface area contributed by atoms with E-state index in [0.717, 1.165) is 20.7 Å². The molecule has 1 aromatic carbocycles. The number of pyridine rings is 1. The molecule has 1 amide bonds. The molecule has 30 heavy (non-hydrogen) atoms. The van der Waals surface area contributed by atoms with Crippen molar-refractivity contribution in [3.05, 3.63) is 69.3 Å². The van der Waals surface area contributed by atoms with Gasteiger partial charge in [-0.3, -0.25) is 9.69 Å². The van der Waals surface area contributed by atoms with Gasteiger partial charge in [-0.05, 0) is 40.2 Å². The zero-order valence-electron chi connectivity index (χ0n) is 15.8. The maximum absolute atomic E-state index is 13.9. The summed E-state index contributed by atoms with van der Waals surface area (Å²) in [6, 6.07) is 9.42. The third-order valence-electron chi connectivity index (χ3n) is 4.75. The Morgan fingerprint density at radius 2 is 1.90 bits per heavy atom. The fourth-order valence-corrected chi connectivity index (χ4v) is 4.35. The van der Waals surface area contributed by atoms with Crippen molar-refractivity contribution in [3.8, 4) is 0 Å². The summed E-state index contributed by atoms with van der Waals surface area (Å²) >= 11 is 4.87. The first-order chi connectivity index (χ1) is 14.5. The van der Waals surface area contributed by atoms with Gasteiger partial charge >= 0.3 is 0 Å². The number of anilines is 2. The van der Waals surface area contributed by atoms with Crippen molar-refractivity contribution >= 4 is 44.1 Å². The number of halogens is 3. The Morgan fingerprint density at radius 3 is 2.63 bits per heavy atom. The van der Waals surface area contributed by atoms with E-state index in [0.29, 0.717) is 38.5 Å². The van der Waals surface area contributed by atoms with Gasteiger partial charge in [0.15, 0.2) is 16.8 Å². The number of nitrogens with one attached hydrogen (secondary N) is 1. The minimum absolute atomic E-state index is 0.224. The lowest BCUT2D eigenvalue weighted by molar-refractivity contribution is 0.0621. The number of aromatic nitrogens is 2. The molecular weight excluding hydrogens is 476 g/mol. The topological polar surface area (TPSA) is 61.4 Å². The Bertz CT molecular complexity index is 1060. The summed E-state index contributed by atoms with van der Waals surface area (Å²) in [5, 5.41) is 3.93. The van der Waals surface area contributed by atoms with Crippen molar-refractivity contribution in [3.63, 3.8) is 0 Å². The molecule has 156 valence electrons. The van der Waals surface area contributed by atoms with E-state index >= 15 is 0 Å². The summed E-state index contributed by atoms with van der Waals surface area (Å²) in [6.07, 6.45) is 1.73. The average molecular weight is 494 g/mol. The first-order valence-corrected chi connectivity index (χ1v) is 10.9. The van der Waals surface area contributed by atoms with Crippen LogP contribution in [0.2, 0.25) is 0 Å². The molecule has 3 aromatic rings. The number of carbonyl (C=O) groups excluding carboxylic acids is 1. The summed E-state index contributed by atoms with van der Waals surface area (Å²) < 4.78 is 28.3. The largest absolute Gasteiger partial charge is 0.336 e. The highest BCUT2D eigenvalue weighted by atomic mass is 79.9. The van der Waals surface area contributed by atoms with Crippen LogP contribution < -0.4 is 5.32 Å². The number of benzene rings is 1. The molecule has 1 fully saturated rings. The van der Waals surface area contributed by atoms with E-state index in [2.05, 4.69) is 36.1 Å². The van der Waals surface area contributed by atoms with E-state index in [1.807, 2.05) is 18.2 Å². The van der Waals surface area contributed by atoms with Gasteiger partial charge in [-0.15, -0.1) is 0 Å². The lowest BCUT2D eigenvalue weighted by atomic mass is 10.1. The summed E-state index contributed by atoms with van der Waals surface area (Å²) in [5.41, 5.74) is 0.671. The maximum Gasteiger partial charge on any atom is 0.257 e. The highest BCUT2D eigenvalue weighted by Gasteiger charge is 2.25. The number of hydrogen-bond donors (Lipinski definition) is 1. The predicted molar refractivity (Wildman–Crippen MR) is 115 cm³/mol. The van der Waals surface area contributed by atoms with Crippen molar-refractivity contribution in [2.45, 2.75) is 6.54 Å². The minimum Gasteiger partial charge on any atom is -0.336 e. The van der Waals surface area contributed by atoms with E-state index in [1.165, 1.54) is 23.5 Å². The van der Waals surface area contributed by atoms with Crippen LogP contribution in [-0.4, -0.2) is 51.9 Å². The molecule has 0 radical (unpaired) electrons. The quantitative estimate of drug-likeness (QED) is 0.574. The minimum atomic E-state index is -1.09. The van der Waals surface area contributed by atoms with Gasteiger partial charge in [0.25, 0.3) is 5.91 Å². The summed E-state index contributed by atoms with van der Waals surface area (Å²) in [4.78, 5) is 25.1. The molecule has 6 nitrogen and oxygen atoms in total. The van der Waals surface area contributed by atoms with Gasteiger partial charge in [0, 0.05) is 32.7 Å². The van der Waals surface area contributed by atoms with Crippen LogP contribution in [0.4, 0.5) is 19.7 Å². The lowest BCUT2D eigenvalue weighted by Crippen LogP contribution is -2.48. The third kappa shape index (κ3) is 4.82. The molecule has 0 bridgehead atoms. The second-order valence-corrected chi connectivity index (χ2v) is 9.19. The van der Waals surface area contributed by atoms with Gasteiger partial charge in [-0.1, -0.05) is 23.5 Å². The normalized spacial score (nSPS) is 14.7. The van der Waals surface area contributed by atoms with Gasteiger partial charge in [-0.25, -0.2) is 18.7 Å². The first kappa shape index (κ1) is 20.8. The molecule has 1 aliphatic heterocycles. The third-order valence-corrected chi connectivity index (χ3v) is 6.14. The highest BCUT2D eigenvalue weighted by molar-refractivity contribution is 9.11. The number of nitrogens with zero attached hydrogens (tertiary/aromatic N) is 4. The molecule has 1 N–H and O–H groups in total. The predicted octanol–water partition coefficient (Wildman–Crippen LogP) is 4.28. The van der Waals surface area contributed by atoms with Gasteiger partial charge in [0.2, 0.25) is 0 Å². The van der Waals surface area contributed by atoms with Crippen LogP contribution in [-0.2, 0) is 6.54 Å². The van der Waals surface area contributed by atoms with Crippen LogP contribution in [0.3, 0.4) is 0 Å². The van der Waals surface area contributed by atoms with Crippen LogP contribution in [0.15, 0.2) is 46.4 Å². The molecule has 4 rings (SSSR count). The number of piperazine rings is 1. The van der Waals surface area contributed by atoms with Gasteiger partial charge in [0.05, 0.1) is 21.2 Å². The Balaban J connectivity index is 1.34. The van der Waals surface area contributed by atoms with E-state index < -0.39 is 17.5 Å². The standard InChI is InChI=1S/C20H18BrF2N5OS/c21-16-11-24-20(30-16)26-17-6-1-3-13(25-17)12-27-7-9-28(10-8-27)19(29)14-4-2-5-15(22)18(14)23/h1-6,11H,7-10,12H2,(H,24,25,26). The molecular formula is C20H18BrF2N5OS. The fraction of sp³-hybridized carbons (Fsp3) is 0.250. The lowest BCUT2D eigenvalue weighted by Gasteiger charge is -2.34. The zero-order chi connectivity index (χ0) is 21.1. The van der Waals surface area contributed by atoms with Crippen LogP contribution >= 0.6 is 27.3 Å². The second kappa shape index (κ2) is 9.15. The molecule has 1 aliphatic rings. The second-order valence-electron chi connectivity index (χ2n) is 6.78. The molecule has 0 aliphatic carbocycles. The van der Waals surface area contributed by atoms with E-state index in [-0.39, 0.29) is 5.56 Å². The van der Waals surface area contributed by atoms with Crippen molar-refractivity contribution in [1.29, 1.82) is 0 Å². The average Bonchev–Trinajstić information content (AvgIpc) is 3.15. The monoisotopic (exact) mass is 493 g/mol. The number of amides is 1. The highest BCUT2D eigenvalue weighted by Crippen LogP contribution is 2.25. The van der Waals surface area contributed by atoms with E-state index in [9.17, 15) is 13.6 Å². The van der Waals surface area contributed by atoms with Gasteiger partial charge < -0.3 is 10.2 Å². The smallest absolute Gasteiger partial charge is 0.257 e. The summed E-state index contributed by atoms with van der Waals surface area (Å²) in [6.45, 7) is 2.77. The van der Waals surface area contributed by atoms with Crippen LogP contribution in [0.1, 0.15) is 16.1 Å². The number of hydrogen-bond acceptors (Lipinski definition) is 6. The molecule has 2 aromatic heterocycles. The van der Waals surface area contributed by atoms with Crippen molar-refractivity contribution < 1.29 is 13.6 Å². The van der Waals surface area contributed by atoms with E-state index in [4.69, 9.17) is 0 Å². The Hall–Kier alpha value is -2.43. The number of thiazole rings is 1. The molecule has 1 saturated heterocycles. The summed E-state index contributed by atoms with van der Waals surface area (Å²) in [7, 11) is 0. The molecule has 0 unspecified atom stereocenters. The summed E-state index contributed by atoms with van der Waals surface area (Å²) in [5.74, 6) is -1.87. The van der Waals surface area contributed by atoms with Crippen molar-refractivity contribution in [2.75, 3.05) is 31.5 Å². The molecule has 0 spiro atoms. The number of carbonyl (C=O) groups is 1. The first-order valence-electron chi connectivity index (χ1n) is 9.29. The zero-order valence-corrected chi connectivity index (χ0v) is 18.2. The van der Waals surface area contributed by atoms with Crippen LogP contribution in [0.25, 0.3) is 0 Å². The fourth-order valence-electron chi connectivity index (χ4n) is 3.24. The molecule has 0 atom stereocenters. The Kier molecular flexibility index (Phi) is 6.35. The number of rotatable bonds is 5. The van der Waals surface area contributed by atoms with E-state index in [1.54, 1.807) is 11.1 Å². The van der Waals surface area contributed by atoms with Gasteiger partial charge in [-0.2, -0.15) is 0 Å². The molecule has 10 heteroatoms. The molecule has 3 heterocycles. The van der Waals surface area contributed by atoms with Gasteiger partial charge in [0.1, 0.15) is 5.82 Å². The van der Waals surface area contributed by atoms with Crippen LogP contribution in [0, 0.1) is 11.6 Å². The Labute approximate surface area is 184 Å². The van der Waals surface area contributed by atoms with Crippen molar-refractivity contribution in [2.24, 2.45) is 0 Å². The Morgan fingerprint density at radius 1 is 1.13 bits per heavy atom. The van der Waals surface area contributed by atoms with Crippen LogP contribution in [0.5, 0.6) is 0 Å². The van der Waals surface area contributed by atoms with Crippen molar-refractivity contribution in [1.82, 2.24) is 19.8 Å². The molecule has 0 saturated carbocycles. The SMILES string of the molecule is O=C(c1cccc(F)c1F)N1CCN(Cc2cccc(Nc3ncc(Br)s3)n2)CC1.